The number of likely N-dealkylation sites (tertiary alicyclic amines) is 1. The van der Waals surface area contributed by atoms with E-state index in [1.54, 1.807) is 31.7 Å². The Kier molecular flexibility index (Phi) is 4.43. The fourth-order valence-corrected chi connectivity index (χ4v) is 3.95. The highest BCUT2D eigenvalue weighted by molar-refractivity contribution is 6.37. The first-order valence-corrected chi connectivity index (χ1v) is 8.72. The third-order valence-electron chi connectivity index (χ3n) is 4.67. The predicted octanol–water partition coefficient (Wildman–Crippen LogP) is 3.98. The molecular formula is C18H22ClFN2O3. The van der Waals surface area contributed by atoms with Crippen molar-refractivity contribution in [2.45, 2.75) is 51.0 Å². The molecule has 5 nitrogen and oxygen atoms in total. The first-order valence-electron chi connectivity index (χ1n) is 8.39. The van der Waals surface area contributed by atoms with Gasteiger partial charge in [-0.05, 0) is 45.7 Å². The van der Waals surface area contributed by atoms with Crippen LogP contribution in [0.3, 0.4) is 0 Å². The molecule has 2 aliphatic rings. The Morgan fingerprint density at radius 2 is 2.08 bits per heavy atom. The SMILES string of the molecule is CC(C)(C)OC(=O)N1CCCC2(CC(=O)N(Cl)c3cccc(F)c32)C1. The lowest BCUT2D eigenvalue weighted by Gasteiger charge is -2.46. The average Bonchev–Trinajstić information content (AvgIpc) is 2.51. The lowest BCUT2D eigenvalue weighted by atomic mass is 9.69. The van der Waals surface area contributed by atoms with Crippen molar-refractivity contribution in [3.05, 3.63) is 29.6 Å². The molecule has 3 rings (SSSR count). The number of fused-ring (bicyclic) bond motifs is 2. The van der Waals surface area contributed by atoms with Gasteiger partial charge in [-0.2, -0.15) is 0 Å². The Bertz CT molecular complexity index is 719. The maximum atomic E-state index is 14.7. The number of halogens is 2. The van der Waals surface area contributed by atoms with E-state index in [4.69, 9.17) is 16.5 Å². The maximum absolute atomic E-state index is 14.7. The summed E-state index contributed by atoms with van der Waals surface area (Å²) in [6, 6.07) is 4.54. The van der Waals surface area contributed by atoms with Crippen molar-refractivity contribution in [1.82, 2.24) is 4.90 Å². The third-order valence-corrected chi connectivity index (χ3v) is 5.04. The van der Waals surface area contributed by atoms with E-state index in [-0.39, 0.29) is 18.9 Å². The summed E-state index contributed by atoms with van der Waals surface area (Å²) < 4.78 is 21.1. The Morgan fingerprint density at radius 3 is 2.76 bits per heavy atom. The monoisotopic (exact) mass is 368 g/mol. The van der Waals surface area contributed by atoms with Crippen molar-refractivity contribution >= 4 is 29.5 Å². The highest BCUT2D eigenvalue weighted by Crippen LogP contribution is 2.47. The molecule has 136 valence electrons. The van der Waals surface area contributed by atoms with Gasteiger partial charge in [0.05, 0.1) is 5.69 Å². The average molecular weight is 369 g/mol. The quantitative estimate of drug-likeness (QED) is 0.651. The second kappa shape index (κ2) is 6.16. The highest BCUT2D eigenvalue weighted by Gasteiger charge is 2.48. The second-order valence-electron chi connectivity index (χ2n) is 7.77. The summed E-state index contributed by atoms with van der Waals surface area (Å²) in [4.78, 5) is 26.4. The van der Waals surface area contributed by atoms with Crippen molar-refractivity contribution in [3.63, 3.8) is 0 Å². The number of piperidine rings is 1. The van der Waals surface area contributed by atoms with Crippen molar-refractivity contribution < 1.29 is 18.7 Å². The Morgan fingerprint density at radius 1 is 1.36 bits per heavy atom. The standard InChI is InChI=1S/C18H22ClFN2O3/c1-17(2,3)25-16(24)21-9-5-8-18(11-21)10-14(23)22(19)13-7-4-6-12(20)15(13)18/h4,6-7H,5,8-11H2,1-3H3. The van der Waals surface area contributed by atoms with Gasteiger partial charge in [-0.25, -0.2) is 13.6 Å². The molecule has 7 heteroatoms. The third kappa shape index (κ3) is 3.32. The van der Waals surface area contributed by atoms with Crippen LogP contribution in [0.2, 0.25) is 0 Å². The number of nitrogens with zero attached hydrogens (tertiary/aromatic N) is 2. The van der Waals surface area contributed by atoms with Crippen LogP contribution < -0.4 is 4.42 Å². The molecule has 25 heavy (non-hydrogen) atoms. The van der Waals surface area contributed by atoms with Crippen LogP contribution in [0.15, 0.2) is 18.2 Å². The molecule has 0 radical (unpaired) electrons. The molecule has 2 aliphatic heterocycles. The van der Waals surface area contributed by atoms with E-state index in [0.29, 0.717) is 30.6 Å². The smallest absolute Gasteiger partial charge is 0.410 e. The van der Waals surface area contributed by atoms with Gasteiger partial charge in [-0.1, -0.05) is 6.07 Å². The number of ether oxygens (including phenoxy) is 1. The Hall–Kier alpha value is -1.82. The number of hydrogen-bond donors (Lipinski definition) is 0. The van der Waals surface area contributed by atoms with Crippen LogP contribution in [0.4, 0.5) is 14.9 Å². The molecule has 0 N–H and O–H groups in total. The van der Waals surface area contributed by atoms with E-state index in [1.807, 2.05) is 0 Å². The van der Waals surface area contributed by atoms with Gasteiger partial charge >= 0.3 is 6.09 Å². The van der Waals surface area contributed by atoms with Crippen LogP contribution in [0, 0.1) is 5.82 Å². The molecule has 1 fully saturated rings. The number of rotatable bonds is 0. The Balaban J connectivity index is 1.97. The van der Waals surface area contributed by atoms with Crippen LogP contribution in [0.1, 0.15) is 45.6 Å². The molecular weight excluding hydrogens is 347 g/mol. The van der Waals surface area contributed by atoms with Crippen molar-refractivity contribution in [2.75, 3.05) is 17.5 Å². The molecule has 1 atom stereocenters. The minimum absolute atomic E-state index is 0.0731. The Labute approximate surface area is 151 Å². The van der Waals surface area contributed by atoms with Crippen molar-refractivity contribution in [2.24, 2.45) is 0 Å². The predicted molar refractivity (Wildman–Crippen MR) is 93.1 cm³/mol. The first kappa shape index (κ1) is 18.0. The minimum atomic E-state index is -0.766. The zero-order chi connectivity index (χ0) is 18.4. The van der Waals surface area contributed by atoms with Gasteiger partial charge in [0.15, 0.2) is 0 Å². The van der Waals surface area contributed by atoms with Crippen LogP contribution in [0.5, 0.6) is 0 Å². The zero-order valence-corrected chi connectivity index (χ0v) is 15.4. The topological polar surface area (TPSA) is 49.9 Å². The molecule has 1 unspecified atom stereocenters. The largest absolute Gasteiger partial charge is 0.444 e. The summed E-state index contributed by atoms with van der Waals surface area (Å²) in [6.45, 7) is 6.17. The fraction of sp³-hybridized carbons (Fsp3) is 0.556. The van der Waals surface area contributed by atoms with E-state index in [2.05, 4.69) is 0 Å². The maximum Gasteiger partial charge on any atom is 0.410 e. The molecule has 1 aromatic rings. The van der Waals surface area contributed by atoms with Crippen molar-refractivity contribution in [3.8, 4) is 0 Å². The molecule has 1 aromatic carbocycles. The molecule has 2 amide bonds. The van der Waals surface area contributed by atoms with E-state index >= 15 is 0 Å². The van der Waals surface area contributed by atoms with Gasteiger partial charge in [-0.3, -0.25) is 4.79 Å². The van der Waals surface area contributed by atoms with Gasteiger partial charge in [0.25, 0.3) is 0 Å². The number of hydrogen-bond acceptors (Lipinski definition) is 3. The van der Waals surface area contributed by atoms with E-state index in [1.165, 1.54) is 12.1 Å². The molecule has 2 heterocycles. The lowest BCUT2D eigenvalue weighted by Crippen LogP contribution is -2.53. The first-order chi connectivity index (χ1) is 11.6. The fourth-order valence-electron chi connectivity index (χ4n) is 3.75. The number of carbonyl (C=O) groups excluding carboxylic acids is 2. The van der Waals surface area contributed by atoms with Gasteiger partial charge in [0.1, 0.15) is 11.4 Å². The highest BCUT2D eigenvalue weighted by atomic mass is 35.5. The van der Waals surface area contributed by atoms with Crippen LogP contribution >= 0.6 is 11.8 Å². The summed E-state index contributed by atoms with van der Waals surface area (Å²) >= 11 is 6.07. The summed E-state index contributed by atoms with van der Waals surface area (Å²) in [5, 5.41) is 0. The number of amides is 2. The molecule has 0 bridgehead atoms. The minimum Gasteiger partial charge on any atom is -0.444 e. The van der Waals surface area contributed by atoms with E-state index < -0.39 is 22.9 Å². The summed E-state index contributed by atoms with van der Waals surface area (Å²) in [5.41, 5.74) is -0.597. The second-order valence-corrected chi connectivity index (χ2v) is 8.11. The number of carbonyl (C=O) groups is 2. The number of anilines is 1. The molecule has 1 spiro atoms. The number of benzene rings is 1. The van der Waals surface area contributed by atoms with Gasteiger partial charge < -0.3 is 9.64 Å². The van der Waals surface area contributed by atoms with Crippen molar-refractivity contribution in [1.29, 1.82) is 0 Å². The van der Waals surface area contributed by atoms with Crippen LogP contribution in [-0.2, 0) is 14.9 Å². The van der Waals surface area contributed by atoms with E-state index in [0.717, 1.165) is 4.42 Å². The summed E-state index contributed by atoms with van der Waals surface area (Å²) in [5.74, 6) is -0.688. The summed E-state index contributed by atoms with van der Waals surface area (Å²) in [7, 11) is 0. The zero-order valence-electron chi connectivity index (χ0n) is 14.6. The summed E-state index contributed by atoms with van der Waals surface area (Å²) in [6.07, 6.45) is 0.924. The normalized spacial score (nSPS) is 23.6. The molecule has 0 saturated carbocycles. The molecule has 1 saturated heterocycles. The lowest BCUT2D eigenvalue weighted by molar-refractivity contribution is -0.120. The van der Waals surface area contributed by atoms with Gasteiger partial charge in [0, 0.05) is 42.3 Å². The van der Waals surface area contributed by atoms with Crippen LogP contribution in [0.25, 0.3) is 0 Å². The molecule has 0 aromatic heterocycles. The van der Waals surface area contributed by atoms with Gasteiger partial charge in [0.2, 0.25) is 5.91 Å². The van der Waals surface area contributed by atoms with Gasteiger partial charge in [-0.15, -0.1) is 0 Å². The van der Waals surface area contributed by atoms with E-state index in [9.17, 15) is 14.0 Å². The van der Waals surface area contributed by atoms with Crippen LogP contribution in [-0.4, -0.2) is 35.6 Å². The molecule has 0 aliphatic carbocycles.